The molecule has 0 radical (unpaired) electrons. The molecule has 0 amide bonds. The normalized spacial score (nSPS) is 15.6. The van der Waals surface area contributed by atoms with E-state index in [-0.39, 0.29) is 5.69 Å². The maximum atomic E-state index is 11.5. The van der Waals surface area contributed by atoms with Gasteiger partial charge >= 0.3 is 5.97 Å². The highest BCUT2D eigenvalue weighted by atomic mass is 16.5. The lowest BCUT2D eigenvalue weighted by atomic mass is 10.2. The zero-order valence-corrected chi connectivity index (χ0v) is 16.1. The van der Waals surface area contributed by atoms with E-state index in [1.54, 1.807) is 23.9 Å². The standard InChI is InChI=1S/C21H24N4O3/c1-23-9-4-10-25(12-11-23)19-14-16(7-8-22-19)28-18-6-3-5-15-13-17(21(26)27)24(2)20(15)18/h3,5-8,13-14H,4,9-12H2,1-2H3,(H,26,27). The van der Waals surface area contributed by atoms with Crippen molar-refractivity contribution >= 4 is 22.7 Å². The summed E-state index contributed by atoms with van der Waals surface area (Å²) in [6.45, 7) is 4.00. The SMILES string of the molecule is CN1CCCN(c2cc(Oc3cccc4cc(C(=O)O)n(C)c34)ccn2)CC1. The van der Waals surface area contributed by atoms with E-state index >= 15 is 0 Å². The van der Waals surface area contributed by atoms with Gasteiger partial charge in [-0.3, -0.25) is 0 Å². The fraction of sp³-hybridized carbons (Fsp3) is 0.333. The van der Waals surface area contributed by atoms with E-state index in [1.807, 2.05) is 30.3 Å². The first-order valence-corrected chi connectivity index (χ1v) is 9.42. The summed E-state index contributed by atoms with van der Waals surface area (Å²) < 4.78 is 7.81. The van der Waals surface area contributed by atoms with Crippen molar-refractivity contribution in [1.82, 2.24) is 14.5 Å². The zero-order chi connectivity index (χ0) is 19.7. The predicted octanol–water partition coefficient (Wildman–Crippen LogP) is 3.21. The lowest BCUT2D eigenvalue weighted by Crippen LogP contribution is -2.29. The summed E-state index contributed by atoms with van der Waals surface area (Å²) in [4.78, 5) is 20.6. The Morgan fingerprint density at radius 2 is 1.96 bits per heavy atom. The maximum absolute atomic E-state index is 11.5. The van der Waals surface area contributed by atoms with Gasteiger partial charge in [0.05, 0.1) is 5.52 Å². The summed E-state index contributed by atoms with van der Waals surface area (Å²) in [5.41, 5.74) is 0.991. The van der Waals surface area contributed by atoms with Gasteiger partial charge in [-0.25, -0.2) is 9.78 Å². The molecule has 1 fully saturated rings. The molecule has 1 aromatic carbocycles. The van der Waals surface area contributed by atoms with Gasteiger partial charge in [-0.2, -0.15) is 0 Å². The van der Waals surface area contributed by atoms with E-state index in [0.717, 1.165) is 49.3 Å². The highest BCUT2D eigenvalue weighted by molar-refractivity contribution is 5.96. The highest BCUT2D eigenvalue weighted by Gasteiger charge is 2.17. The van der Waals surface area contributed by atoms with Crippen LogP contribution < -0.4 is 9.64 Å². The number of anilines is 1. The summed E-state index contributed by atoms with van der Waals surface area (Å²) >= 11 is 0. The smallest absolute Gasteiger partial charge is 0.352 e. The first-order valence-electron chi connectivity index (χ1n) is 9.42. The number of para-hydroxylation sites is 1. The summed E-state index contributed by atoms with van der Waals surface area (Å²) in [6.07, 6.45) is 2.86. The average Bonchev–Trinajstić information content (AvgIpc) is 2.87. The number of aromatic nitrogens is 2. The third-order valence-corrected chi connectivity index (χ3v) is 5.23. The van der Waals surface area contributed by atoms with Gasteiger partial charge in [0.1, 0.15) is 17.3 Å². The van der Waals surface area contributed by atoms with E-state index in [9.17, 15) is 9.90 Å². The van der Waals surface area contributed by atoms with Crippen LogP contribution in [-0.2, 0) is 7.05 Å². The third-order valence-electron chi connectivity index (χ3n) is 5.23. The molecule has 3 aromatic rings. The minimum atomic E-state index is -0.957. The Morgan fingerprint density at radius 1 is 1.11 bits per heavy atom. The van der Waals surface area contributed by atoms with Gasteiger partial charge in [0.15, 0.2) is 5.75 Å². The molecule has 28 heavy (non-hydrogen) atoms. The van der Waals surface area contributed by atoms with E-state index in [4.69, 9.17) is 4.74 Å². The Morgan fingerprint density at radius 3 is 2.79 bits per heavy atom. The summed E-state index contributed by atoms with van der Waals surface area (Å²) in [7, 11) is 3.88. The molecule has 2 aromatic heterocycles. The van der Waals surface area contributed by atoms with E-state index < -0.39 is 5.97 Å². The minimum Gasteiger partial charge on any atom is -0.477 e. The molecule has 4 rings (SSSR count). The third kappa shape index (κ3) is 3.53. The van der Waals surface area contributed by atoms with Crippen LogP contribution in [0.3, 0.4) is 0 Å². The molecule has 3 heterocycles. The Hall–Kier alpha value is -3.06. The molecular formula is C21H24N4O3. The molecule has 0 spiro atoms. The Kier molecular flexibility index (Phi) is 4.92. The van der Waals surface area contributed by atoms with Gasteiger partial charge in [0, 0.05) is 44.3 Å². The van der Waals surface area contributed by atoms with Crippen LogP contribution in [0.15, 0.2) is 42.6 Å². The van der Waals surface area contributed by atoms with Gasteiger partial charge in [0.25, 0.3) is 0 Å². The second kappa shape index (κ2) is 7.52. The minimum absolute atomic E-state index is 0.232. The second-order valence-electron chi connectivity index (χ2n) is 7.18. The number of carboxylic acids is 1. The molecule has 0 saturated carbocycles. The molecule has 1 N–H and O–H groups in total. The quantitative estimate of drug-likeness (QED) is 0.749. The van der Waals surface area contributed by atoms with Crippen LogP contribution in [-0.4, -0.2) is 58.8 Å². The largest absolute Gasteiger partial charge is 0.477 e. The van der Waals surface area contributed by atoms with Crippen molar-refractivity contribution in [3.05, 3.63) is 48.3 Å². The van der Waals surface area contributed by atoms with E-state index in [2.05, 4.69) is 21.8 Å². The number of benzene rings is 1. The van der Waals surface area contributed by atoms with Gasteiger partial charge in [-0.05, 0) is 38.2 Å². The Labute approximate surface area is 163 Å². The number of aromatic carboxylic acids is 1. The number of carboxylic acid groups (broad SMARTS) is 1. The molecule has 0 unspecified atom stereocenters. The summed E-state index contributed by atoms with van der Waals surface area (Å²) in [5.74, 6) is 1.26. The van der Waals surface area contributed by atoms with Crippen molar-refractivity contribution in [1.29, 1.82) is 0 Å². The Balaban J connectivity index is 1.64. The Bertz CT molecular complexity index is 1010. The number of likely N-dealkylation sites (N-methyl/N-ethyl adjacent to an activating group) is 1. The van der Waals surface area contributed by atoms with Gasteiger partial charge in [-0.15, -0.1) is 0 Å². The number of carbonyl (C=O) groups is 1. The number of aryl methyl sites for hydroxylation is 1. The van der Waals surface area contributed by atoms with Crippen LogP contribution >= 0.6 is 0 Å². The molecule has 1 saturated heterocycles. The van der Waals surface area contributed by atoms with Crippen molar-refractivity contribution in [2.75, 3.05) is 38.1 Å². The first kappa shape index (κ1) is 18.3. The molecule has 0 bridgehead atoms. The van der Waals surface area contributed by atoms with Crippen LogP contribution in [0.25, 0.3) is 10.9 Å². The summed E-state index contributed by atoms with van der Waals surface area (Å²) in [5, 5.41) is 10.2. The van der Waals surface area contributed by atoms with Crippen molar-refractivity contribution in [2.24, 2.45) is 7.05 Å². The molecule has 146 valence electrons. The molecule has 0 aliphatic carbocycles. The summed E-state index contributed by atoms with van der Waals surface area (Å²) in [6, 6.07) is 11.1. The van der Waals surface area contributed by atoms with Gasteiger partial charge < -0.3 is 24.2 Å². The lowest BCUT2D eigenvalue weighted by molar-refractivity contribution is 0.0687. The number of hydrogen-bond donors (Lipinski definition) is 1. The molecular weight excluding hydrogens is 356 g/mol. The van der Waals surface area contributed by atoms with Crippen molar-refractivity contribution in [2.45, 2.75) is 6.42 Å². The monoisotopic (exact) mass is 380 g/mol. The van der Waals surface area contributed by atoms with Crippen LogP contribution in [0.1, 0.15) is 16.9 Å². The van der Waals surface area contributed by atoms with Crippen molar-refractivity contribution in [3.63, 3.8) is 0 Å². The predicted molar refractivity (Wildman–Crippen MR) is 109 cm³/mol. The van der Waals surface area contributed by atoms with Gasteiger partial charge in [0.2, 0.25) is 0 Å². The fourth-order valence-corrected chi connectivity index (χ4v) is 3.71. The number of fused-ring (bicyclic) bond motifs is 1. The van der Waals surface area contributed by atoms with Crippen LogP contribution in [0.5, 0.6) is 11.5 Å². The van der Waals surface area contributed by atoms with Crippen molar-refractivity contribution < 1.29 is 14.6 Å². The van der Waals surface area contributed by atoms with Crippen molar-refractivity contribution in [3.8, 4) is 11.5 Å². The molecule has 1 aliphatic heterocycles. The number of nitrogens with zero attached hydrogens (tertiary/aromatic N) is 4. The molecule has 0 atom stereocenters. The van der Waals surface area contributed by atoms with Crippen LogP contribution in [0, 0.1) is 0 Å². The number of hydrogen-bond acceptors (Lipinski definition) is 5. The second-order valence-corrected chi connectivity index (χ2v) is 7.18. The zero-order valence-electron chi connectivity index (χ0n) is 16.1. The molecule has 7 nitrogen and oxygen atoms in total. The van der Waals surface area contributed by atoms with Crippen LogP contribution in [0.4, 0.5) is 5.82 Å². The molecule has 7 heteroatoms. The fourth-order valence-electron chi connectivity index (χ4n) is 3.71. The average molecular weight is 380 g/mol. The highest BCUT2D eigenvalue weighted by Crippen LogP contribution is 2.32. The van der Waals surface area contributed by atoms with Gasteiger partial charge in [-0.1, -0.05) is 12.1 Å². The number of pyridine rings is 1. The maximum Gasteiger partial charge on any atom is 0.352 e. The van der Waals surface area contributed by atoms with Crippen LogP contribution in [0.2, 0.25) is 0 Å². The number of rotatable bonds is 4. The first-order chi connectivity index (χ1) is 13.5. The van der Waals surface area contributed by atoms with E-state index in [0.29, 0.717) is 11.5 Å². The number of ether oxygens (including phenoxy) is 1. The topological polar surface area (TPSA) is 70.8 Å². The van der Waals surface area contributed by atoms with E-state index in [1.165, 1.54) is 0 Å². The molecule has 1 aliphatic rings. The lowest BCUT2D eigenvalue weighted by Gasteiger charge is -2.22.